The van der Waals surface area contributed by atoms with Crippen LogP contribution in [0.15, 0.2) is 231 Å². The van der Waals surface area contributed by atoms with Crippen LogP contribution in [0.1, 0.15) is 0 Å². The molecule has 0 saturated heterocycles. The lowest BCUT2D eigenvalue weighted by Gasteiger charge is -2.30. The van der Waals surface area contributed by atoms with E-state index in [0.29, 0.717) is 0 Å². The minimum Gasteiger partial charge on any atom is -0.495 e. The molecule has 0 aliphatic heterocycles. The summed E-state index contributed by atoms with van der Waals surface area (Å²) in [5.41, 5.74) is 15.0. The molecule has 0 spiro atoms. The number of hydrogen-bond donors (Lipinski definition) is 0. The van der Waals surface area contributed by atoms with Crippen molar-refractivity contribution in [3.63, 3.8) is 0 Å². The minimum absolute atomic E-state index is 0.774. The molecule has 0 amide bonds. The van der Waals surface area contributed by atoms with E-state index >= 15 is 0 Å². The maximum Gasteiger partial charge on any atom is 0.143 e. The van der Waals surface area contributed by atoms with E-state index in [-0.39, 0.29) is 0 Å². The standard InChI is InChI=1S/C56H44N2O2/c1-59-55-39-47(43-19-11-5-12-20-43)27-37-53(55)57(49-29-23-45(24-30-49)41-15-7-3-8-16-41)51-33-35-52(36-34-51)58(50-31-25-46(26-32-50)42-17-9-4-10-18-42)54-38-28-48(40-56(54)60-2)44-21-13-6-14-22-44/h3-40H,1-2H3. The van der Waals surface area contributed by atoms with Crippen LogP contribution in [0.2, 0.25) is 0 Å². The number of ether oxygens (including phenoxy) is 2. The summed E-state index contributed by atoms with van der Waals surface area (Å²) in [5, 5.41) is 0. The highest BCUT2D eigenvalue weighted by atomic mass is 16.5. The second-order valence-corrected chi connectivity index (χ2v) is 14.5. The van der Waals surface area contributed by atoms with E-state index in [1.807, 2.05) is 24.3 Å². The highest BCUT2D eigenvalue weighted by molar-refractivity contribution is 5.87. The van der Waals surface area contributed by atoms with Crippen molar-refractivity contribution in [1.82, 2.24) is 0 Å². The Hall–Kier alpha value is -7.82. The van der Waals surface area contributed by atoms with Crippen molar-refractivity contribution in [2.24, 2.45) is 0 Å². The molecule has 4 heteroatoms. The van der Waals surface area contributed by atoms with E-state index in [1.165, 1.54) is 11.1 Å². The van der Waals surface area contributed by atoms with Gasteiger partial charge in [-0.2, -0.15) is 0 Å². The Morgan fingerprint density at radius 1 is 0.250 bits per heavy atom. The molecule has 0 unspecified atom stereocenters. The van der Waals surface area contributed by atoms with Crippen molar-refractivity contribution < 1.29 is 9.47 Å². The van der Waals surface area contributed by atoms with E-state index in [0.717, 1.165) is 79.0 Å². The van der Waals surface area contributed by atoms with Crippen molar-refractivity contribution in [2.45, 2.75) is 0 Å². The molecule has 0 aliphatic rings. The summed E-state index contributed by atoms with van der Waals surface area (Å²) in [7, 11) is 3.48. The fourth-order valence-corrected chi connectivity index (χ4v) is 7.82. The van der Waals surface area contributed by atoms with E-state index in [2.05, 4.69) is 216 Å². The molecule has 0 bridgehead atoms. The third-order valence-corrected chi connectivity index (χ3v) is 10.9. The predicted octanol–water partition coefficient (Wildman–Crippen LogP) is 15.3. The van der Waals surface area contributed by atoms with Crippen molar-refractivity contribution in [2.75, 3.05) is 24.0 Å². The smallest absolute Gasteiger partial charge is 0.143 e. The van der Waals surface area contributed by atoms with E-state index < -0.39 is 0 Å². The Morgan fingerprint density at radius 3 is 0.767 bits per heavy atom. The Kier molecular flexibility index (Phi) is 10.9. The first-order valence-corrected chi connectivity index (χ1v) is 20.1. The third kappa shape index (κ3) is 7.87. The van der Waals surface area contributed by atoms with E-state index in [4.69, 9.17) is 9.47 Å². The molecule has 9 aromatic carbocycles. The first-order valence-electron chi connectivity index (χ1n) is 20.1. The third-order valence-electron chi connectivity index (χ3n) is 10.9. The van der Waals surface area contributed by atoms with Crippen LogP contribution in [0.4, 0.5) is 34.1 Å². The second-order valence-electron chi connectivity index (χ2n) is 14.5. The Balaban J connectivity index is 1.15. The Bertz CT molecular complexity index is 2590. The monoisotopic (exact) mass is 776 g/mol. The van der Waals surface area contributed by atoms with Crippen LogP contribution in [0, 0.1) is 0 Å². The van der Waals surface area contributed by atoms with Gasteiger partial charge in [0.1, 0.15) is 11.5 Å². The molecule has 4 nitrogen and oxygen atoms in total. The number of methoxy groups -OCH3 is 2. The molecular weight excluding hydrogens is 733 g/mol. The highest BCUT2D eigenvalue weighted by Crippen LogP contribution is 2.46. The minimum atomic E-state index is 0.774. The topological polar surface area (TPSA) is 24.9 Å². The average Bonchev–Trinajstić information content (AvgIpc) is 3.34. The molecule has 0 aromatic heterocycles. The average molecular weight is 777 g/mol. The molecule has 60 heavy (non-hydrogen) atoms. The van der Waals surface area contributed by atoms with Crippen LogP contribution in [0.3, 0.4) is 0 Å². The number of hydrogen-bond acceptors (Lipinski definition) is 4. The van der Waals surface area contributed by atoms with Gasteiger partial charge in [0.25, 0.3) is 0 Å². The fourth-order valence-electron chi connectivity index (χ4n) is 7.82. The maximum absolute atomic E-state index is 6.15. The molecule has 0 saturated carbocycles. The van der Waals surface area contributed by atoms with Gasteiger partial charge in [0, 0.05) is 22.7 Å². The number of anilines is 6. The van der Waals surface area contributed by atoms with Gasteiger partial charge in [0.2, 0.25) is 0 Å². The number of rotatable bonds is 12. The zero-order valence-corrected chi connectivity index (χ0v) is 33.7. The molecular formula is C56H44N2O2. The van der Waals surface area contributed by atoms with Gasteiger partial charge >= 0.3 is 0 Å². The largest absolute Gasteiger partial charge is 0.495 e. The quantitative estimate of drug-likeness (QED) is 0.123. The molecule has 0 fully saturated rings. The molecule has 0 atom stereocenters. The summed E-state index contributed by atoms with van der Waals surface area (Å²) in [5.74, 6) is 1.55. The van der Waals surface area contributed by atoms with Crippen LogP contribution in [0.5, 0.6) is 11.5 Å². The molecule has 0 heterocycles. The van der Waals surface area contributed by atoms with Gasteiger partial charge in [-0.3, -0.25) is 0 Å². The van der Waals surface area contributed by atoms with Gasteiger partial charge < -0.3 is 19.3 Å². The summed E-state index contributed by atoms with van der Waals surface area (Å²) >= 11 is 0. The van der Waals surface area contributed by atoms with Gasteiger partial charge in [0.15, 0.2) is 0 Å². The van der Waals surface area contributed by atoms with Crippen LogP contribution in [0.25, 0.3) is 44.5 Å². The lowest BCUT2D eigenvalue weighted by molar-refractivity contribution is 0.416. The van der Waals surface area contributed by atoms with Crippen LogP contribution >= 0.6 is 0 Å². The summed E-state index contributed by atoms with van der Waals surface area (Å²) < 4.78 is 12.3. The lowest BCUT2D eigenvalue weighted by atomic mass is 10.0. The van der Waals surface area contributed by atoms with Crippen molar-refractivity contribution in [3.05, 3.63) is 231 Å². The van der Waals surface area contributed by atoms with Gasteiger partial charge in [-0.25, -0.2) is 0 Å². The van der Waals surface area contributed by atoms with E-state index in [9.17, 15) is 0 Å². The maximum atomic E-state index is 6.15. The molecule has 290 valence electrons. The van der Waals surface area contributed by atoms with Crippen LogP contribution in [-0.2, 0) is 0 Å². The first kappa shape index (κ1) is 37.7. The second kappa shape index (κ2) is 17.4. The van der Waals surface area contributed by atoms with Crippen LogP contribution in [-0.4, -0.2) is 14.2 Å². The Labute approximate surface area is 352 Å². The van der Waals surface area contributed by atoms with Crippen molar-refractivity contribution in [3.8, 4) is 56.0 Å². The lowest BCUT2D eigenvalue weighted by Crippen LogP contribution is -2.13. The molecule has 0 N–H and O–H groups in total. The summed E-state index contributed by atoms with van der Waals surface area (Å²) in [6, 6.07) is 80.8. The van der Waals surface area contributed by atoms with Gasteiger partial charge in [-0.05, 0) is 117 Å². The summed E-state index contributed by atoms with van der Waals surface area (Å²) in [6.07, 6.45) is 0. The zero-order chi connectivity index (χ0) is 40.7. The van der Waals surface area contributed by atoms with E-state index in [1.54, 1.807) is 14.2 Å². The number of benzene rings is 9. The molecule has 0 aliphatic carbocycles. The summed E-state index contributed by atoms with van der Waals surface area (Å²) in [4.78, 5) is 4.53. The van der Waals surface area contributed by atoms with Crippen LogP contribution < -0.4 is 19.3 Å². The highest BCUT2D eigenvalue weighted by Gasteiger charge is 2.21. The van der Waals surface area contributed by atoms with Gasteiger partial charge in [-0.1, -0.05) is 158 Å². The molecule has 9 rings (SSSR count). The number of nitrogens with zero attached hydrogens (tertiary/aromatic N) is 2. The van der Waals surface area contributed by atoms with Gasteiger partial charge in [-0.15, -0.1) is 0 Å². The normalized spacial score (nSPS) is 10.8. The van der Waals surface area contributed by atoms with Gasteiger partial charge in [0.05, 0.1) is 25.6 Å². The zero-order valence-electron chi connectivity index (χ0n) is 33.7. The SMILES string of the molecule is COc1cc(-c2ccccc2)ccc1N(c1ccc(-c2ccccc2)cc1)c1ccc(N(c2ccc(-c3ccccc3)cc2)c2ccc(-c3ccccc3)cc2OC)cc1. The molecule has 0 radical (unpaired) electrons. The molecule has 9 aromatic rings. The predicted molar refractivity (Wildman–Crippen MR) is 251 cm³/mol. The fraction of sp³-hybridized carbons (Fsp3) is 0.0357. The summed E-state index contributed by atoms with van der Waals surface area (Å²) in [6.45, 7) is 0. The van der Waals surface area contributed by atoms with Crippen molar-refractivity contribution in [1.29, 1.82) is 0 Å². The Morgan fingerprint density at radius 2 is 0.483 bits per heavy atom. The first-order chi connectivity index (χ1) is 29.7. The van der Waals surface area contributed by atoms with Crippen molar-refractivity contribution >= 4 is 34.1 Å².